The molecule has 0 atom stereocenters. The summed E-state index contributed by atoms with van der Waals surface area (Å²) in [7, 11) is 0. The molecule has 0 saturated heterocycles. The fourth-order valence-corrected chi connectivity index (χ4v) is 2.77. The van der Waals surface area contributed by atoms with Crippen LogP contribution >= 0.6 is 0 Å². The average molecular weight is 344 g/mol. The monoisotopic (exact) mass is 344 g/mol. The molecule has 0 amide bonds. The Morgan fingerprint density at radius 2 is 2.16 bits per heavy atom. The molecule has 25 heavy (non-hydrogen) atoms. The second kappa shape index (κ2) is 10.6. The molecule has 0 radical (unpaired) electrons. The lowest BCUT2D eigenvalue weighted by Gasteiger charge is -2.11. The van der Waals surface area contributed by atoms with Gasteiger partial charge in [-0.1, -0.05) is 19.4 Å². The van der Waals surface area contributed by atoms with Gasteiger partial charge in [0.1, 0.15) is 18.2 Å². The first-order valence-electron chi connectivity index (χ1n) is 9.32. The highest BCUT2D eigenvalue weighted by Crippen LogP contribution is 2.20. The van der Waals surface area contributed by atoms with Crippen molar-refractivity contribution < 1.29 is 9.30 Å². The Balaban J connectivity index is 1.57. The van der Waals surface area contributed by atoms with Crippen LogP contribution in [0.5, 0.6) is 0 Å². The van der Waals surface area contributed by atoms with Crippen molar-refractivity contribution in [3.05, 3.63) is 58.9 Å². The van der Waals surface area contributed by atoms with Gasteiger partial charge in [0, 0.05) is 0 Å². The highest BCUT2D eigenvalue weighted by molar-refractivity contribution is 5.35. The van der Waals surface area contributed by atoms with Gasteiger partial charge >= 0.3 is 0 Å². The van der Waals surface area contributed by atoms with Crippen molar-refractivity contribution in [3.8, 4) is 0 Å². The first kappa shape index (κ1) is 19.2. The van der Waals surface area contributed by atoms with Gasteiger partial charge in [0.15, 0.2) is 0 Å². The summed E-state index contributed by atoms with van der Waals surface area (Å²) in [4.78, 5) is 10.5. The molecule has 1 heterocycles. The molecule has 0 unspecified atom stereocenters. The van der Waals surface area contributed by atoms with Gasteiger partial charge in [-0.2, -0.15) is 0 Å². The SMILES string of the molecule is CCCCn1cc[n+](CCCCCOC2=CC/C(=C(/C)N=O)C=C2)c1. The van der Waals surface area contributed by atoms with E-state index in [1.54, 1.807) is 6.92 Å². The van der Waals surface area contributed by atoms with Crippen LogP contribution in [0, 0.1) is 4.91 Å². The van der Waals surface area contributed by atoms with Gasteiger partial charge in [0.2, 0.25) is 6.33 Å². The van der Waals surface area contributed by atoms with Crippen LogP contribution in [-0.2, 0) is 17.8 Å². The number of nitroso groups, excluding NO2 is 1. The highest BCUT2D eigenvalue weighted by Gasteiger charge is 2.06. The summed E-state index contributed by atoms with van der Waals surface area (Å²) in [5, 5.41) is 2.98. The van der Waals surface area contributed by atoms with E-state index in [2.05, 4.69) is 40.0 Å². The molecule has 0 spiro atoms. The minimum atomic E-state index is 0.549. The zero-order valence-electron chi connectivity index (χ0n) is 15.5. The molecule has 0 aromatic carbocycles. The second-order valence-corrected chi connectivity index (χ2v) is 6.50. The zero-order valence-corrected chi connectivity index (χ0v) is 15.5. The lowest BCUT2D eigenvalue weighted by molar-refractivity contribution is -0.696. The minimum Gasteiger partial charge on any atom is -0.494 e. The fourth-order valence-electron chi connectivity index (χ4n) is 2.77. The molecular formula is C20H30N3O2+. The summed E-state index contributed by atoms with van der Waals surface area (Å²) < 4.78 is 10.3. The Labute approximate surface area is 150 Å². The van der Waals surface area contributed by atoms with E-state index in [-0.39, 0.29) is 0 Å². The number of hydrogen-bond donors (Lipinski definition) is 0. The predicted octanol–water partition coefficient (Wildman–Crippen LogP) is 4.65. The number of imidazole rings is 1. The maximum atomic E-state index is 10.5. The normalized spacial score (nSPS) is 15.8. The van der Waals surface area contributed by atoms with Crippen LogP contribution in [0.1, 0.15) is 52.4 Å². The van der Waals surface area contributed by atoms with Crippen LogP contribution < -0.4 is 4.57 Å². The quantitative estimate of drug-likeness (QED) is 0.333. The van der Waals surface area contributed by atoms with E-state index in [0.717, 1.165) is 56.7 Å². The van der Waals surface area contributed by atoms with Crippen LogP contribution in [0.15, 0.2) is 59.2 Å². The molecule has 1 aromatic rings. The van der Waals surface area contributed by atoms with Gasteiger partial charge in [0.05, 0.1) is 25.4 Å². The van der Waals surface area contributed by atoms with E-state index in [9.17, 15) is 4.91 Å². The molecular weight excluding hydrogens is 314 g/mol. The number of aromatic nitrogens is 2. The maximum absolute atomic E-state index is 10.5. The molecule has 5 nitrogen and oxygen atoms in total. The third-order valence-corrected chi connectivity index (χ3v) is 4.42. The Hall–Kier alpha value is -2.17. The van der Waals surface area contributed by atoms with E-state index in [1.807, 2.05) is 18.2 Å². The Morgan fingerprint density at radius 1 is 1.28 bits per heavy atom. The fraction of sp³-hybridized carbons (Fsp3) is 0.550. The topological polar surface area (TPSA) is 47.5 Å². The molecule has 0 saturated carbocycles. The second-order valence-electron chi connectivity index (χ2n) is 6.50. The van der Waals surface area contributed by atoms with Crippen molar-refractivity contribution >= 4 is 0 Å². The number of aryl methyl sites for hydroxylation is 2. The molecule has 1 aromatic heterocycles. The third-order valence-electron chi connectivity index (χ3n) is 4.42. The summed E-state index contributed by atoms with van der Waals surface area (Å²) in [5.74, 6) is 0.893. The van der Waals surface area contributed by atoms with Gasteiger partial charge in [-0.15, -0.1) is 4.91 Å². The minimum absolute atomic E-state index is 0.549. The molecule has 136 valence electrons. The number of nitrogens with zero attached hydrogens (tertiary/aromatic N) is 3. The number of allylic oxidation sites excluding steroid dienone is 5. The molecule has 0 fully saturated rings. The largest absolute Gasteiger partial charge is 0.494 e. The summed E-state index contributed by atoms with van der Waals surface area (Å²) in [5.41, 5.74) is 1.51. The van der Waals surface area contributed by atoms with E-state index in [4.69, 9.17) is 4.74 Å². The van der Waals surface area contributed by atoms with Crippen LogP contribution in [-0.4, -0.2) is 11.2 Å². The van der Waals surface area contributed by atoms with Gasteiger partial charge in [-0.3, -0.25) is 0 Å². The lowest BCUT2D eigenvalue weighted by atomic mass is 10.1. The van der Waals surface area contributed by atoms with E-state index in [0.29, 0.717) is 5.70 Å². The van der Waals surface area contributed by atoms with Crippen molar-refractivity contribution in [2.75, 3.05) is 6.61 Å². The van der Waals surface area contributed by atoms with Crippen molar-refractivity contribution in [2.24, 2.45) is 5.18 Å². The van der Waals surface area contributed by atoms with Crippen LogP contribution in [0.3, 0.4) is 0 Å². The van der Waals surface area contributed by atoms with Crippen molar-refractivity contribution in [2.45, 2.75) is 65.5 Å². The smallest absolute Gasteiger partial charge is 0.243 e. The molecule has 0 bridgehead atoms. The van der Waals surface area contributed by atoms with Crippen LogP contribution in [0.2, 0.25) is 0 Å². The first-order chi connectivity index (χ1) is 12.2. The maximum Gasteiger partial charge on any atom is 0.243 e. The zero-order chi connectivity index (χ0) is 17.9. The number of ether oxygens (including phenoxy) is 1. The van der Waals surface area contributed by atoms with E-state index < -0.39 is 0 Å². The average Bonchev–Trinajstić information content (AvgIpc) is 3.10. The summed E-state index contributed by atoms with van der Waals surface area (Å²) >= 11 is 0. The summed E-state index contributed by atoms with van der Waals surface area (Å²) in [6.45, 7) is 6.87. The predicted molar refractivity (Wildman–Crippen MR) is 99.7 cm³/mol. The number of hydrogen-bond acceptors (Lipinski definition) is 3. The molecule has 2 rings (SSSR count). The van der Waals surface area contributed by atoms with Crippen LogP contribution in [0.25, 0.3) is 0 Å². The molecule has 0 aliphatic heterocycles. The third kappa shape index (κ3) is 6.69. The van der Waals surface area contributed by atoms with Crippen LogP contribution in [0.4, 0.5) is 0 Å². The molecule has 1 aliphatic carbocycles. The summed E-state index contributed by atoms with van der Waals surface area (Å²) in [6, 6.07) is 0. The molecule has 1 aliphatic rings. The van der Waals surface area contributed by atoms with Crippen molar-refractivity contribution in [1.29, 1.82) is 0 Å². The highest BCUT2D eigenvalue weighted by atomic mass is 16.5. The van der Waals surface area contributed by atoms with Crippen molar-refractivity contribution in [1.82, 2.24) is 4.57 Å². The molecule has 0 N–H and O–H groups in total. The standard InChI is InChI=1S/C20H30N3O2/c1-3-4-12-22-14-15-23(17-22)13-6-5-7-16-25-20-10-8-19(9-11-20)18(2)21-24/h8,10-11,14-15,17H,3-7,9,12-13,16H2,1-2H3/q+1/b19-18-. The van der Waals surface area contributed by atoms with Gasteiger partial charge in [-0.25, -0.2) is 9.13 Å². The van der Waals surface area contributed by atoms with E-state index >= 15 is 0 Å². The number of unbranched alkanes of at least 4 members (excludes halogenated alkanes) is 3. The summed E-state index contributed by atoms with van der Waals surface area (Å²) in [6.07, 6.45) is 18.9. The van der Waals surface area contributed by atoms with Crippen molar-refractivity contribution in [3.63, 3.8) is 0 Å². The Kier molecular flexibility index (Phi) is 8.16. The van der Waals surface area contributed by atoms with Gasteiger partial charge in [-0.05, 0) is 61.9 Å². The first-order valence-corrected chi connectivity index (χ1v) is 9.32. The Bertz CT molecular complexity index is 641. The van der Waals surface area contributed by atoms with E-state index in [1.165, 1.54) is 12.8 Å². The lowest BCUT2D eigenvalue weighted by Crippen LogP contribution is -2.30. The van der Waals surface area contributed by atoms with Gasteiger partial charge in [0.25, 0.3) is 0 Å². The molecule has 5 heteroatoms. The Morgan fingerprint density at radius 3 is 2.88 bits per heavy atom. The van der Waals surface area contributed by atoms with Gasteiger partial charge < -0.3 is 4.74 Å². The number of rotatable bonds is 11.